The minimum absolute atomic E-state index is 0.291. The minimum Gasteiger partial charge on any atom is -0.459 e. The van der Waals surface area contributed by atoms with Crippen LogP contribution in [0.15, 0.2) is 30.3 Å². The molecule has 0 amide bonds. The van der Waals surface area contributed by atoms with E-state index in [9.17, 15) is 4.79 Å². The molecule has 0 saturated carbocycles. The van der Waals surface area contributed by atoms with Crippen molar-refractivity contribution in [2.75, 3.05) is 0 Å². The molecule has 0 heterocycles. The second-order valence-corrected chi connectivity index (χ2v) is 6.63. The Kier molecular flexibility index (Phi) is 10.8. The molecule has 0 spiro atoms. The number of para-hydroxylation sites is 1. The molecule has 0 aliphatic rings. The largest absolute Gasteiger partial charge is 0.459 e. The van der Waals surface area contributed by atoms with Crippen LogP contribution in [0.1, 0.15) is 47.0 Å². The number of nitrogens with two attached hydrogens (primary N) is 1. The molecule has 0 saturated heterocycles. The number of hydrogen-bond donors (Lipinski definition) is 3. The molecule has 1 rings (SSSR count). The van der Waals surface area contributed by atoms with Crippen LogP contribution in [0.4, 0.5) is 0 Å². The first-order chi connectivity index (χ1) is 10.7. The molecule has 1 aromatic rings. The zero-order valence-electron chi connectivity index (χ0n) is 14.2. The lowest BCUT2D eigenvalue weighted by molar-refractivity contribution is -0.156. The monoisotopic (exact) mass is 345 g/mol. The fourth-order valence-corrected chi connectivity index (χ4v) is 1.81. The summed E-state index contributed by atoms with van der Waals surface area (Å²) in [6.45, 7) is 7.61. The van der Waals surface area contributed by atoms with Gasteiger partial charge >= 0.3 is 14.6 Å². The number of carbonyl (C=O) groups excluding carboxylic acids is 1. The smallest absolute Gasteiger partial charge is 0.391 e. The molecule has 1 unspecified atom stereocenters. The summed E-state index contributed by atoms with van der Waals surface area (Å²) in [5.41, 5.74) is 5.21. The fraction of sp³-hybridized carbons (Fsp3) is 0.562. The number of esters is 1. The maximum atomic E-state index is 11.3. The van der Waals surface area contributed by atoms with Gasteiger partial charge in [-0.2, -0.15) is 0 Å². The van der Waals surface area contributed by atoms with Crippen LogP contribution in [0.5, 0.6) is 5.75 Å². The Labute approximate surface area is 139 Å². The summed E-state index contributed by atoms with van der Waals surface area (Å²) in [7, 11) is -2.28. The maximum Gasteiger partial charge on any atom is 0.391 e. The lowest BCUT2D eigenvalue weighted by atomic mass is 10.1. The summed E-state index contributed by atoms with van der Waals surface area (Å²) in [5, 5.41) is 0. The van der Waals surface area contributed by atoms with Crippen molar-refractivity contribution in [3.8, 4) is 5.75 Å². The molecular weight excluding hydrogens is 317 g/mol. The van der Waals surface area contributed by atoms with E-state index in [2.05, 4.69) is 11.4 Å². The van der Waals surface area contributed by atoms with Gasteiger partial charge in [0.25, 0.3) is 0 Å². The Hall–Kier alpha value is -1.20. The van der Waals surface area contributed by atoms with Crippen molar-refractivity contribution in [1.29, 1.82) is 0 Å². The van der Waals surface area contributed by atoms with Crippen LogP contribution in [0.2, 0.25) is 0 Å². The molecule has 23 heavy (non-hydrogen) atoms. The van der Waals surface area contributed by atoms with Gasteiger partial charge in [0.05, 0.1) is 0 Å². The van der Waals surface area contributed by atoms with Crippen LogP contribution in [0.25, 0.3) is 0 Å². The van der Waals surface area contributed by atoms with Crippen molar-refractivity contribution in [3.05, 3.63) is 30.3 Å². The van der Waals surface area contributed by atoms with Gasteiger partial charge in [-0.25, -0.2) is 0 Å². The summed E-state index contributed by atoms with van der Waals surface area (Å²) in [5.74, 6) is 0.180. The van der Waals surface area contributed by atoms with Crippen LogP contribution < -0.4 is 10.3 Å². The van der Waals surface area contributed by atoms with Gasteiger partial charge in [0.1, 0.15) is 17.4 Å². The van der Waals surface area contributed by atoms with Crippen LogP contribution in [-0.2, 0) is 9.53 Å². The van der Waals surface area contributed by atoms with E-state index in [0.29, 0.717) is 12.2 Å². The fourth-order valence-electron chi connectivity index (χ4n) is 1.49. The summed E-state index contributed by atoms with van der Waals surface area (Å²) in [6, 6.07) is 8.19. The average Bonchev–Trinajstić information content (AvgIpc) is 2.44. The predicted octanol–water partition coefficient (Wildman–Crippen LogP) is 3.12. The SMILES string of the molecule is CCCCC(N)C(=O)OC(C)(C)C.OP(O)Oc1ccccc1. The molecule has 132 valence electrons. The van der Waals surface area contributed by atoms with Gasteiger partial charge < -0.3 is 24.8 Å². The van der Waals surface area contributed by atoms with Crippen molar-refractivity contribution in [2.45, 2.75) is 58.6 Å². The second-order valence-electron chi connectivity index (χ2n) is 5.94. The van der Waals surface area contributed by atoms with E-state index >= 15 is 0 Å². The predicted molar refractivity (Wildman–Crippen MR) is 91.8 cm³/mol. The van der Waals surface area contributed by atoms with E-state index in [1.54, 1.807) is 24.3 Å². The summed E-state index contributed by atoms with van der Waals surface area (Å²) < 4.78 is 9.72. The maximum absolute atomic E-state index is 11.3. The standard InChI is InChI=1S/C10H21NO2.C6H7O3P/c1-5-6-7-8(11)9(12)13-10(2,3)4;7-10(8)9-6-4-2-1-3-5-6/h8H,5-7,11H2,1-4H3;1-5,7-8H. The first kappa shape index (κ1) is 21.8. The van der Waals surface area contributed by atoms with Crippen LogP contribution in [0, 0.1) is 0 Å². The first-order valence-electron chi connectivity index (χ1n) is 7.55. The highest BCUT2D eigenvalue weighted by molar-refractivity contribution is 7.39. The zero-order chi connectivity index (χ0) is 17.9. The minimum atomic E-state index is -2.28. The third-order valence-corrected chi connectivity index (χ3v) is 2.88. The van der Waals surface area contributed by atoms with Gasteiger partial charge in [-0.1, -0.05) is 38.0 Å². The van der Waals surface area contributed by atoms with E-state index in [4.69, 9.17) is 20.3 Å². The number of carbonyl (C=O) groups is 1. The Morgan fingerprint density at radius 2 is 1.83 bits per heavy atom. The van der Waals surface area contributed by atoms with E-state index < -0.39 is 20.2 Å². The van der Waals surface area contributed by atoms with Crippen LogP contribution in [-0.4, -0.2) is 27.4 Å². The molecule has 0 aromatic heterocycles. The van der Waals surface area contributed by atoms with Crippen molar-refractivity contribution in [1.82, 2.24) is 0 Å². The summed E-state index contributed by atoms with van der Waals surface area (Å²) in [6.07, 6.45) is 2.74. The van der Waals surface area contributed by atoms with Crippen molar-refractivity contribution in [3.63, 3.8) is 0 Å². The number of ether oxygens (including phenoxy) is 1. The third kappa shape index (κ3) is 13.0. The molecule has 0 aliphatic heterocycles. The molecule has 0 bridgehead atoms. The summed E-state index contributed by atoms with van der Waals surface area (Å²) >= 11 is 0. The quantitative estimate of drug-likeness (QED) is 0.541. The van der Waals surface area contributed by atoms with Gasteiger partial charge in [-0.15, -0.1) is 0 Å². The number of hydrogen-bond acceptors (Lipinski definition) is 6. The van der Waals surface area contributed by atoms with E-state index in [-0.39, 0.29) is 5.97 Å². The Morgan fingerprint density at radius 1 is 1.26 bits per heavy atom. The number of rotatable bonds is 6. The molecule has 4 N–H and O–H groups in total. The second kappa shape index (κ2) is 11.4. The van der Waals surface area contributed by atoms with Gasteiger partial charge in [0.2, 0.25) is 0 Å². The Morgan fingerprint density at radius 3 is 2.26 bits per heavy atom. The first-order valence-corrected chi connectivity index (χ1v) is 8.71. The lowest BCUT2D eigenvalue weighted by Gasteiger charge is -2.22. The zero-order valence-corrected chi connectivity index (χ0v) is 15.1. The molecule has 6 nitrogen and oxygen atoms in total. The molecular formula is C16H28NO5P. The molecule has 1 aromatic carbocycles. The van der Waals surface area contributed by atoms with Gasteiger partial charge in [-0.3, -0.25) is 4.79 Å². The van der Waals surface area contributed by atoms with Crippen molar-refractivity contribution >= 4 is 14.6 Å². The third-order valence-electron chi connectivity index (χ3n) is 2.51. The highest BCUT2D eigenvalue weighted by atomic mass is 31.2. The van der Waals surface area contributed by atoms with E-state index in [1.165, 1.54) is 0 Å². The summed E-state index contributed by atoms with van der Waals surface area (Å²) in [4.78, 5) is 28.1. The van der Waals surface area contributed by atoms with Gasteiger partial charge in [0, 0.05) is 0 Å². The molecule has 0 aliphatic carbocycles. The lowest BCUT2D eigenvalue weighted by Crippen LogP contribution is -2.37. The number of unbranched alkanes of at least 4 members (excludes halogenated alkanes) is 1. The highest BCUT2D eigenvalue weighted by Gasteiger charge is 2.21. The molecule has 7 heteroatoms. The van der Waals surface area contributed by atoms with E-state index in [0.717, 1.165) is 12.8 Å². The normalized spacial score (nSPS) is 12.2. The Balaban J connectivity index is 0.000000433. The van der Waals surface area contributed by atoms with Crippen molar-refractivity contribution < 1.29 is 23.8 Å². The molecule has 0 radical (unpaired) electrons. The average molecular weight is 345 g/mol. The number of benzene rings is 1. The highest BCUT2D eigenvalue weighted by Crippen LogP contribution is 2.27. The molecule has 0 fully saturated rings. The van der Waals surface area contributed by atoms with E-state index in [1.807, 2.05) is 26.8 Å². The Bertz CT molecular complexity index is 434. The van der Waals surface area contributed by atoms with Crippen molar-refractivity contribution in [2.24, 2.45) is 5.73 Å². The van der Waals surface area contributed by atoms with Gasteiger partial charge in [0.15, 0.2) is 0 Å². The molecule has 1 atom stereocenters. The van der Waals surface area contributed by atoms with Gasteiger partial charge in [-0.05, 0) is 39.3 Å². The topological polar surface area (TPSA) is 102 Å². The van der Waals surface area contributed by atoms with Crippen LogP contribution in [0.3, 0.4) is 0 Å². The van der Waals surface area contributed by atoms with Crippen LogP contribution >= 0.6 is 8.60 Å².